The van der Waals surface area contributed by atoms with Crippen LogP contribution >= 0.6 is 11.8 Å². The average Bonchev–Trinajstić information content (AvgIpc) is 3.13. The zero-order valence-corrected chi connectivity index (χ0v) is 13.8. The van der Waals surface area contributed by atoms with Crippen molar-refractivity contribution >= 4 is 17.7 Å². The SMILES string of the molecule is COc1ccc(-c2nc(S[C@H]3C[C@@H](C)OC3=O)n[nH]2)c(OC)c1. The van der Waals surface area contributed by atoms with Crippen molar-refractivity contribution in [1.29, 1.82) is 0 Å². The third-order valence-electron chi connectivity index (χ3n) is 3.50. The summed E-state index contributed by atoms with van der Waals surface area (Å²) < 4.78 is 15.7. The van der Waals surface area contributed by atoms with Gasteiger partial charge in [0.25, 0.3) is 0 Å². The number of hydrogen-bond acceptors (Lipinski definition) is 7. The Kier molecular flexibility index (Phi) is 4.42. The smallest absolute Gasteiger partial charge is 0.319 e. The van der Waals surface area contributed by atoms with Crippen LogP contribution in [0.1, 0.15) is 13.3 Å². The number of benzene rings is 1. The van der Waals surface area contributed by atoms with Gasteiger partial charge in [-0.15, -0.1) is 5.10 Å². The third kappa shape index (κ3) is 3.26. The van der Waals surface area contributed by atoms with E-state index in [0.29, 0.717) is 28.9 Å². The molecule has 0 saturated carbocycles. The van der Waals surface area contributed by atoms with E-state index in [0.717, 1.165) is 5.56 Å². The fraction of sp³-hybridized carbons (Fsp3) is 0.400. The average molecular weight is 335 g/mol. The highest BCUT2D eigenvalue weighted by Gasteiger charge is 2.33. The number of methoxy groups -OCH3 is 2. The van der Waals surface area contributed by atoms with Crippen LogP contribution in [-0.4, -0.2) is 46.7 Å². The van der Waals surface area contributed by atoms with Gasteiger partial charge in [-0.25, -0.2) is 4.98 Å². The van der Waals surface area contributed by atoms with E-state index in [2.05, 4.69) is 15.2 Å². The van der Waals surface area contributed by atoms with E-state index in [4.69, 9.17) is 14.2 Å². The molecule has 1 aromatic carbocycles. The second-order valence-corrected chi connectivity index (χ2v) is 6.29. The highest BCUT2D eigenvalue weighted by atomic mass is 32.2. The van der Waals surface area contributed by atoms with Gasteiger partial charge >= 0.3 is 5.97 Å². The maximum atomic E-state index is 11.7. The molecule has 2 heterocycles. The number of carbonyl (C=O) groups is 1. The van der Waals surface area contributed by atoms with Crippen LogP contribution in [0.15, 0.2) is 23.4 Å². The van der Waals surface area contributed by atoms with Crippen LogP contribution < -0.4 is 9.47 Å². The number of cyclic esters (lactones) is 1. The van der Waals surface area contributed by atoms with Crippen molar-refractivity contribution in [3.8, 4) is 22.9 Å². The lowest BCUT2D eigenvalue weighted by Gasteiger charge is -2.07. The van der Waals surface area contributed by atoms with Crippen molar-refractivity contribution in [2.45, 2.75) is 29.9 Å². The number of nitrogens with zero attached hydrogens (tertiary/aromatic N) is 2. The first-order valence-electron chi connectivity index (χ1n) is 7.12. The zero-order valence-electron chi connectivity index (χ0n) is 13.0. The maximum absolute atomic E-state index is 11.7. The van der Waals surface area contributed by atoms with Crippen LogP contribution in [0.3, 0.4) is 0 Å². The molecule has 1 fully saturated rings. The Labute approximate surface area is 137 Å². The number of aromatic nitrogens is 3. The van der Waals surface area contributed by atoms with E-state index < -0.39 is 0 Å². The molecule has 1 aliphatic rings. The first-order valence-corrected chi connectivity index (χ1v) is 8.00. The van der Waals surface area contributed by atoms with Crippen molar-refractivity contribution < 1.29 is 19.0 Å². The number of ether oxygens (including phenoxy) is 3. The van der Waals surface area contributed by atoms with Crippen LogP contribution in [0, 0.1) is 0 Å². The predicted octanol–water partition coefficient (Wildman–Crippen LogP) is 2.29. The van der Waals surface area contributed by atoms with Gasteiger partial charge in [-0.2, -0.15) is 0 Å². The van der Waals surface area contributed by atoms with Gasteiger partial charge in [0.2, 0.25) is 5.16 Å². The summed E-state index contributed by atoms with van der Waals surface area (Å²) in [5.74, 6) is 1.69. The molecule has 8 heteroatoms. The predicted molar refractivity (Wildman–Crippen MR) is 84.7 cm³/mol. The van der Waals surface area contributed by atoms with Gasteiger partial charge in [0.15, 0.2) is 5.82 Å². The van der Waals surface area contributed by atoms with Crippen LogP contribution in [0.2, 0.25) is 0 Å². The monoisotopic (exact) mass is 335 g/mol. The first kappa shape index (κ1) is 15.7. The number of thioether (sulfide) groups is 1. The van der Waals surface area contributed by atoms with E-state index >= 15 is 0 Å². The van der Waals surface area contributed by atoms with E-state index in [1.807, 2.05) is 19.1 Å². The summed E-state index contributed by atoms with van der Waals surface area (Å²) >= 11 is 1.31. The third-order valence-corrected chi connectivity index (χ3v) is 4.57. The minimum atomic E-state index is -0.258. The Hall–Kier alpha value is -2.22. The van der Waals surface area contributed by atoms with E-state index in [1.54, 1.807) is 20.3 Å². The van der Waals surface area contributed by atoms with Gasteiger partial charge in [0, 0.05) is 12.5 Å². The number of H-pyrrole nitrogens is 1. The maximum Gasteiger partial charge on any atom is 0.319 e. The molecule has 0 aliphatic carbocycles. The number of carbonyl (C=O) groups excluding carboxylic acids is 1. The Morgan fingerprint density at radius 3 is 2.83 bits per heavy atom. The molecule has 1 N–H and O–H groups in total. The Morgan fingerprint density at radius 1 is 1.35 bits per heavy atom. The van der Waals surface area contributed by atoms with Gasteiger partial charge in [-0.05, 0) is 19.1 Å². The van der Waals surface area contributed by atoms with Crippen molar-refractivity contribution in [2.24, 2.45) is 0 Å². The molecule has 1 saturated heterocycles. The quantitative estimate of drug-likeness (QED) is 0.839. The number of aromatic amines is 1. The molecule has 2 aromatic rings. The topological polar surface area (TPSA) is 86.3 Å². The molecular weight excluding hydrogens is 318 g/mol. The van der Waals surface area contributed by atoms with Gasteiger partial charge in [0.05, 0.1) is 19.8 Å². The summed E-state index contributed by atoms with van der Waals surface area (Å²) in [5.41, 5.74) is 0.773. The lowest BCUT2D eigenvalue weighted by Crippen LogP contribution is -2.09. The molecule has 1 aromatic heterocycles. The lowest BCUT2D eigenvalue weighted by atomic mass is 10.2. The molecule has 23 heavy (non-hydrogen) atoms. The van der Waals surface area contributed by atoms with Crippen molar-refractivity contribution in [3.63, 3.8) is 0 Å². The van der Waals surface area contributed by atoms with Gasteiger partial charge in [0.1, 0.15) is 22.9 Å². The molecule has 1 aliphatic heterocycles. The lowest BCUT2D eigenvalue weighted by molar-refractivity contribution is -0.140. The van der Waals surface area contributed by atoms with E-state index in [1.165, 1.54) is 11.8 Å². The summed E-state index contributed by atoms with van der Waals surface area (Å²) in [6, 6.07) is 5.45. The van der Waals surface area contributed by atoms with E-state index in [9.17, 15) is 4.79 Å². The summed E-state index contributed by atoms with van der Waals surface area (Å²) in [5, 5.41) is 7.30. The van der Waals surface area contributed by atoms with Crippen LogP contribution in [0.25, 0.3) is 11.4 Å². The molecular formula is C15H17N3O4S. The molecule has 0 radical (unpaired) electrons. The standard InChI is InChI=1S/C15H17N3O4S/c1-8-6-12(14(19)22-8)23-15-16-13(17-18-15)10-5-4-9(20-2)7-11(10)21-3/h4-5,7-8,12H,6H2,1-3H3,(H,16,17,18)/t8-,12+/m1/s1. The summed E-state index contributed by atoms with van der Waals surface area (Å²) in [6.07, 6.45) is 0.610. The minimum Gasteiger partial charge on any atom is -0.497 e. The number of hydrogen-bond donors (Lipinski definition) is 1. The highest BCUT2D eigenvalue weighted by molar-refractivity contribution is 8.00. The molecule has 0 bridgehead atoms. The van der Waals surface area contributed by atoms with Crippen LogP contribution in [0.4, 0.5) is 0 Å². The number of esters is 1. The fourth-order valence-electron chi connectivity index (χ4n) is 2.36. The summed E-state index contributed by atoms with van der Waals surface area (Å²) in [6.45, 7) is 1.88. The Bertz CT molecular complexity index is 718. The summed E-state index contributed by atoms with van der Waals surface area (Å²) in [4.78, 5) is 16.1. The van der Waals surface area contributed by atoms with Gasteiger partial charge in [-0.1, -0.05) is 11.8 Å². The molecule has 3 rings (SSSR count). The molecule has 0 spiro atoms. The van der Waals surface area contributed by atoms with Crippen molar-refractivity contribution in [1.82, 2.24) is 15.2 Å². The second kappa shape index (κ2) is 6.49. The normalized spacial score (nSPS) is 20.4. The van der Waals surface area contributed by atoms with Crippen molar-refractivity contribution in [3.05, 3.63) is 18.2 Å². The Balaban J connectivity index is 1.80. The number of nitrogens with one attached hydrogen (secondary N) is 1. The van der Waals surface area contributed by atoms with Crippen LogP contribution in [0.5, 0.6) is 11.5 Å². The zero-order chi connectivity index (χ0) is 16.4. The summed E-state index contributed by atoms with van der Waals surface area (Å²) in [7, 11) is 3.18. The van der Waals surface area contributed by atoms with Gasteiger partial charge in [-0.3, -0.25) is 9.89 Å². The molecule has 2 atom stereocenters. The van der Waals surface area contributed by atoms with Gasteiger partial charge < -0.3 is 14.2 Å². The molecule has 7 nitrogen and oxygen atoms in total. The van der Waals surface area contributed by atoms with Crippen molar-refractivity contribution in [2.75, 3.05) is 14.2 Å². The van der Waals surface area contributed by atoms with E-state index in [-0.39, 0.29) is 17.3 Å². The molecule has 0 unspecified atom stereocenters. The molecule has 122 valence electrons. The molecule has 0 amide bonds. The second-order valence-electron chi connectivity index (χ2n) is 5.12. The number of rotatable bonds is 5. The van der Waals surface area contributed by atoms with Crippen LogP contribution in [-0.2, 0) is 9.53 Å². The highest BCUT2D eigenvalue weighted by Crippen LogP contribution is 2.34. The minimum absolute atomic E-state index is 0.0555. The first-order chi connectivity index (χ1) is 11.1. The fourth-order valence-corrected chi connectivity index (χ4v) is 3.37. The Morgan fingerprint density at radius 2 is 2.17 bits per heavy atom. The largest absolute Gasteiger partial charge is 0.497 e.